The zero-order valence-electron chi connectivity index (χ0n) is 12.7. The first-order valence-corrected chi connectivity index (χ1v) is 7.15. The molecule has 112 valence electrons. The number of amides is 1. The van der Waals surface area contributed by atoms with Crippen molar-refractivity contribution in [1.82, 2.24) is 15.1 Å². The summed E-state index contributed by atoms with van der Waals surface area (Å²) in [5.74, 6) is 0.00745. The average Bonchev–Trinajstić information content (AvgIpc) is 3.00. The minimum absolute atomic E-state index is 0.0750. The van der Waals surface area contributed by atoms with Crippen molar-refractivity contribution in [2.75, 3.05) is 0 Å². The maximum Gasteiger partial charge on any atom is 0.237 e. The Morgan fingerprint density at radius 1 is 1.24 bits per heavy atom. The maximum atomic E-state index is 12.0. The molecule has 0 bridgehead atoms. The molecule has 2 atom stereocenters. The number of nitrogens with one attached hydrogen (secondary N) is 1. The molecule has 5 nitrogen and oxygen atoms in total. The lowest BCUT2D eigenvalue weighted by Gasteiger charge is -2.20. The summed E-state index contributed by atoms with van der Waals surface area (Å²) in [6.45, 7) is 5.83. The summed E-state index contributed by atoms with van der Waals surface area (Å²) in [5.41, 5.74) is 7.88. The first kappa shape index (κ1) is 15.3. The van der Waals surface area contributed by atoms with Gasteiger partial charge in [-0.1, -0.05) is 26.0 Å². The molecule has 1 aromatic carbocycles. The molecule has 2 aromatic rings. The highest BCUT2D eigenvalue weighted by atomic mass is 16.2. The van der Waals surface area contributed by atoms with Gasteiger partial charge in [0.25, 0.3) is 0 Å². The van der Waals surface area contributed by atoms with Crippen LogP contribution in [0.3, 0.4) is 0 Å². The third-order valence-corrected chi connectivity index (χ3v) is 3.54. The summed E-state index contributed by atoms with van der Waals surface area (Å²) < 4.78 is 1.79. The molecule has 1 unspecified atom stereocenters. The maximum absolute atomic E-state index is 12.0. The van der Waals surface area contributed by atoms with Gasteiger partial charge in [0.15, 0.2) is 0 Å². The third kappa shape index (κ3) is 3.70. The number of nitrogens with zero attached hydrogens (tertiary/aromatic N) is 2. The topological polar surface area (TPSA) is 72.9 Å². The molecule has 0 aliphatic carbocycles. The van der Waals surface area contributed by atoms with Crippen LogP contribution in [-0.4, -0.2) is 21.7 Å². The molecular formula is C16H22N4O. The lowest BCUT2D eigenvalue weighted by atomic mass is 10.0. The molecule has 0 fully saturated rings. The summed E-state index contributed by atoms with van der Waals surface area (Å²) in [5, 5.41) is 7.13. The van der Waals surface area contributed by atoms with Crippen LogP contribution < -0.4 is 11.1 Å². The van der Waals surface area contributed by atoms with Crippen molar-refractivity contribution in [1.29, 1.82) is 0 Å². The van der Waals surface area contributed by atoms with E-state index < -0.39 is 6.04 Å². The highest BCUT2D eigenvalue weighted by Crippen LogP contribution is 2.15. The van der Waals surface area contributed by atoms with E-state index in [1.165, 1.54) is 0 Å². The average molecular weight is 286 g/mol. The van der Waals surface area contributed by atoms with E-state index in [1.807, 2.05) is 57.3 Å². The van der Waals surface area contributed by atoms with Crippen LogP contribution in [0.2, 0.25) is 0 Å². The van der Waals surface area contributed by atoms with Crippen molar-refractivity contribution in [2.45, 2.75) is 32.9 Å². The van der Waals surface area contributed by atoms with Crippen molar-refractivity contribution >= 4 is 5.91 Å². The van der Waals surface area contributed by atoms with E-state index in [0.717, 1.165) is 11.3 Å². The lowest BCUT2D eigenvalue weighted by molar-refractivity contribution is -0.123. The zero-order valence-corrected chi connectivity index (χ0v) is 12.7. The van der Waals surface area contributed by atoms with Gasteiger partial charge in [-0.3, -0.25) is 4.79 Å². The van der Waals surface area contributed by atoms with Crippen molar-refractivity contribution in [3.05, 3.63) is 48.3 Å². The number of aromatic nitrogens is 2. The van der Waals surface area contributed by atoms with Gasteiger partial charge in [0.2, 0.25) is 5.91 Å². The van der Waals surface area contributed by atoms with Crippen LogP contribution in [0.1, 0.15) is 32.4 Å². The Morgan fingerprint density at radius 2 is 1.90 bits per heavy atom. The van der Waals surface area contributed by atoms with Crippen LogP contribution in [0.4, 0.5) is 0 Å². The van der Waals surface area contributed by atoms with Gasteiger partial charge in [-0.15, -0.1) is 0 Å². The predicted octanol–water partition coefficient (Wildman–Crippen LogP) is 2.03. The summed E-state index contributed by atoms with van der Waals surface area (Å²) in [7, 11) is 0. The fraction of sp³-hybridized carbons (Fsp3) is 0.375. The molecule has 1 aromatic heterocycles. The van der Waals surface area contributed by atoms with E-state index in [0.29, 0.717) is 0 Å². The van der Waals surface area contributed by atoms with E-state index in [1.54, 1.807) is 10.9 Å². The fourth-order valence-electron chi connectivity index (χ4n) is 2.03. The molecule has 2 rings (SSSR count). The second-order valence-electron chi connectivity index (χ2n) is 5.54. The number of hydrogen-bond acceptors (Lipinski definition) is 3. The Morgan fingerprint density at radius 3 is 2.43 bits per heavy atom. The van der Waals surface area contributed by atoms with Crippen molar-refractivity contribution in [2.24, 2.45) is 11.7 Å². The number of rotatable bonds is 5. The number of nitrogens with two attached hydrogens (primary N) is 1. The SMILES string of the molecule is CC(NC(=O)[C@@H](N)C(C)C)c1ccc(-n2cccn2)cc1. The first-order valence-electron chi connectivity index (χ1n) is 7.15. The molecule has 0 spiro atoms. The van der Waals surface area contributed by atoms with Crippen molar-refractivity contribution < 1.29 is 4.79 Å². The Balaban J connectivity index is 2.03. The minimum atomic E-state index is -0.476. The minimum Gasteiger partial charge on any atom is -0.348 e. The molecule has 5 heteroatoms. The Labute approximate surface area is 125 Å². The Bertz CT molecular complexity index is 575. The molecule has 0 aliphatic rings. The highest BCUT2D eigenvalue weighted by Gasteiger charge is 2.19. The molecule has 1 amide bonds. The van der Waals surface area contributed by atoms with Gasteiger partial charge in [-0.25, -0.2) is 4.68 Å². The largest absolute Gasteiger partial charge is 0.348 e. The van der Waals surface area contributed by atoms with Crippen LogP contribution >= 0.6 is 0 Å². The molecule has 3 N–H and O–H groups in total. The van der Waals surface area contributed by atoms with E-state index in [9.17, 15) is 4.79 Å². The van der Waals surface area contributed by atoms with Gasteiger partial charge in [-0.05, 0) is 36.6 Å². The van der Waals surface area contributed by atoms with Crippen LogP contribution in [0.15, 0.2) is 42.7 Å². The highest BCUT2D eigenvalue weighted by molar-refractivity contribution is 5.82. The van der Waals surface area contributed by atoms with Gasteiger partial charge in [0, 0.05) is 12.4 Å². The first-order chi connectivity index (χ1) is 9.99. The second kappa shape index (κ2) is 6.54. The molecule has 0 saturated carbocycles. The monoisotopic (exact) mass is 286 g/mol. The fourth-order valence-corrected chi connectivity index (χ4v) is 2.03. The van der Waals surface area contributed by atoms with Crippen LogP contribution in [-0.2, 0) is 4.79 Å². The van der Waals surface area contributed by atoms with Gasteiger partial charge >= 0.3 is 0 Å². The number of hydrogen-bond donors (Lipinski definition) is 2. The van der Waals surface area contributed by atoms with Crippen molar-refractivity contribution in [3.63, 3.8) is 0 Å². The number of benzene rings is 1. The van der Waals surface area contributed by atoms with Crippen molar-refractivity contribution in [3.8, 4) is 5.69 Å². The van der Waals surface area contributed by atoms with E-state index in [-0.39, 0.29) is 17.9 Å². The van der Waals surface area contributed by atoms with Gasteiger partial charge in [0.05, 0.1) is 17.8 Å². The molecule has 1 heterocycles. The normalized spacial score (nSPS) is 14.0. The number of carbonyl (C=O) groups excluding carboxylic acids is 1. The third-order valence-electron chi connectivity index (χ3n) is 3.54. The summed E-state index contributed by atoms with van der Waals surface area (Å²) in [4.78, 5) is 12.0. The number of carbonyl (C=O) groups is 1. The van der Waals surface area contributed by atoms with E-state index >= 15 is 0 Å². The lowest BCUT2D eigenvalue weighted by Crippen LogP contribution is -2.44. The Kier molecular flexibility index (Phi) is 4.75. The molecule has 21 heavy (non-hydrogen) atoms. The zero-order chi connectivity index (χ0) is 15.4. The summed E-state index contributed by atoms with van der Waals surface area (Å²) in [6, 6.07) is 9.26. The van der Waals surface area contributed by atoms with Crippen LogP contribution in [0, 0.1) is 5.92 Å². The summed E-state index contributed by atoms with van der Waals surface area (Å²) in [6.07, 6.45) is 3.63. The molecule has 0 radical (unpaired) electrons. The van der Waals surface area contributed by atoms with Crippen LogP contribution in [0.25, 0.3) is 5.69 Å². The quantitative estimate of drug-likeness (QED) is 0.883. The van der Waals surface area contributed by atoms with E-state index in [2.05, 4.69) is 10.4 Å². The molecule has 0 aliphatic heterocycles. The van der Waals surface area contributed by atoms with Crippen LogP contribution in [0.5, 0.6) is 0 Å². The molecular weight excluding hydrogens is 264 g/mol. The van der Waals surface area contributed by atoms with Gasteiger partial charge in [-0.2, -0.15) is 5.10 Å². The molecule has 0 saturated heterocycles. The van der Waals surface area contributed by atoms with Gasteiger partial charge < -0.3 is 11.1 Å². The van der Waals surface area contributed by atoms with E-state index in [4.69, 9.17) is 5.73 Å². The smallest absolute Gasteiger partial charge is 0.237 e. The summed E-state index contributed by atoms with van der Waals surface area (Å²) >= 11 is 0. The van der Waals surface area contributed by atoms with Gasteiger partial charge in [0.1, 0.15) is 0 Å². The predicted molar refractivity (Wildman–Crippen MR) is 82.9 cm³/mol. The standard InChI is InChI=1S/C16H22N4O/c1-11(2)15(17)16(21)19-12(3)13-5-7-14(8-6-13)20-10-4-9-18-20/h4-12,15H,17H2,1-3H3,(H,19,21)/t12?,15-/m0/s1. The Hall–Kier alpha value is -2.14. The second-order valence-corrected chi connectivity index (χ2v) is 5.54.